The van der Waals surface area contributed by atoms with Crippen LogP contribution >= 0.6 is 0 Å². The second kappa shape index (κ2) is 4.95. The number of rotatable bonds is 4. The van der Waals surface area contributed by atoms with Gasteiger partial charge in [0.25, 0.3) is 5.56 Å². The number of anilines is 1. The number of pyridine rings is 1. The Kier molecular flexibility index (Phi) is 3.37. The van der Waals surface area contributed by atoms with E-state index < -0.39 is 6.67 Å². The number of nitrogens with zero attached hydrogens (tertiary/aromatic N) is 1. The maximum Gasteiger partial charge on any atom is 0.275 e. The Balaban J connectivity index is 2.18. The molecule has 0 spiro atoms. The summed E-state index contributed by atoms with van der Waals surface area (Å²) in [5, 5.41) is 0. The number of aliphatic imine (C=N–C) groups is 1. The second-order valence-corrected chi connectivity index (χ2v) is 4.02. The van der Waals surface area contributed by atoms with E-state index in [1.54, 1.807) is 18.3 Å². The summed E-state index contributed by atoms with van der Waals surface area (Å²) < 4.78 is 12.3. The summed E-state index contributed by atoms with van der Waals surface area (Å²) in [4.78, 5) is 18.0. The van der Waals surface area contributed by atoms with Crippen LogP contribution in [0.2, 0.25) is 0 Å². The topological polar surface area (TPSA) is 71.2 Å². The van der Waals surface area contributed by atoms with Gasteiger partial charge in [-0.25, -0.2) is 4.39 Å². The van der Waals surface area contributed by atoms with Crippen LogP contribution in [-0.2, 0) is 0 Å². The van der Waals surface area contributed by atoms with E-state index in [0.717, 1.165) is 18.4 Å². The van der Waals surface area contributed by atoms with Gasteiger partial charge in [-0.3, -0.25) is 9.79 Å². The fourth-order valence-corrected chi connectivity index (χ4v) is 1.56. The van der Waals surface area contributed by atoms with Gasteiger partial charge in [-0.1, -0.05) is 0 Å². The van der Waals surface area contributed by atoms with Crippen molar-refractivity contribution in [2.45, 2.75) is 12.8 Å². The number of aromatic amines is 1. The summed E-state index contributed by atoms with van der Waals surface area (Å²) >= 11 is 0. The molecule has 1 heterocycles. The van der Waals surface area contributed by atoms with Crippen molar-refractivity contribution in [1.82, 2.24) is 4.98 Å². The third kappa shape index (κ3) is 3.03. The van der Waals surface area contributed by atoms with E-state index in [1.165, 1.54) is 6.08 Å². The lowest BCUT2D eigenvalue weighted by Crippen LogP contribution is -2.07. The number of nitrogen functional groups attached to an aromatic ring is 1. The maximum atomic E-state index is 12.3. The van der Waals surface area contributed by atoms with Crippen molar-refractivity contribution in [3.8, 4) is 0 Å². The SMILES string of the molecule is Nc1ccc(N=C/C(=C\CF)C2CC2)c(=O)[nH]1. The first kappa shape index (κ1) is 11.6. The van der Waals surface area contributed by atoms with Gasteiger partial charge in [-0.05, 0) is 42.5 Å². The molecule has 17 heavy (non-hydrogen) atoms. The number of nitrogens with one attached hydrogen (secondary N) is 1. The standard InChI is InChI=1S/C12H14FN3O/c13-6-5-9(8-1-2-8)7-15-10-3-4-11(14)16-12(10)17/h3-5,7-8H,1-2,6H2,(H3,14,16,17)/b9-5+,15-7?. The molecule has 0 aliphatic heterocycles. The molecule has 0 bridgehead atoms. The van der Waals surface area contributed by atoms with Crippen LogP contribution in [0.4, 0.5) is 15.9 Å². The van der Waals surface area contributed by atoms with Crippen molar-refractivity contribution in [1.29, 1.82) is 0 Å². The Hall–Kier alpha value is -1.91. The van der Waals surface area contributed by atoms with Crippen LogP contribution in [0.5, 0.6) is 0 Å². The molecule has 1 fully saturated rings. The van der Waals surface area contributed by atoms with Crippen molar-refractivity contribution < 1.29 is 4.39 Å². The van der Waals surface area contributed by atoms with Crippen molar-refractivity contribution in [3.05, 3.63) is 34.1 Å². The molecular formula is C12H14FN3O. The smallest absolute Gasteiger partial charge is 0.275 e. The zero-order valence-corrected chi connectivity index (χ0v) is 9.32. The van der Waals surface area contributed by atoms with E-state index in [1.807, 2.05) is 0 Å². The van der Waals surface area contributed by atoms with Crippen molar-refractivity contribution >= 4 is 17.7 Å². The first-order chi connectivity index (χ1) is 8.20. The lowest BCUT2D eigenvalue weighted by atomic mass is 10.2. The highest BCUT2D eigenvalue weighted by Crippen LogP contribution is 2.35. The average Bonchev–Trinajstić information content (AvgIpc) is 3.10. The number of nitrogens with two attached hydrogens (primary N) is 1. The number of allylic oxidation sites excluding steroid dienone is 2. The zero-order valence-electron chi connectivity index (χ0n) is 9.32. The Morgan fingerprint density at radius 3 is 2.94 bits per heavy atom. The van der Waals surface area contributed by atoms with Crippen LogP contribution in [0.25, 0.3) is 0 Å². The van der Waals surface area contributed by atoms with Crippen LogP contribution in [0.15, 0.2) is 33.6 Å². The van der Waals surface area contributed by atoms with E-state index >= 15 is 0 Å². The number of H-pyrrole nitrogens is 1. The predicted octanol–water partition coefficient (Wildman–Crippen LogP) is 1.97. The largest absolute Gasteiger partial charge is 0.385 e. The summed E-state index contributed by atoms with van der Waals surface area (Å²) in [5.41, 5.74) is 6.23. The third-order valence-corrected chi connectivity index (χ3v) is 2.63. The first-order valence-electron chi connectivity index (χ1n) is 5.49. The van der Waals surface area contributed by atoms with Crippen LogP contribution in [0, 0.1) is 5.92 Å². The van der Waals surface area contributed by atoms with Crippen molar-refractivity contribution in [2.24, 2.45) is 10.9 Å². The summed E-state index contributed by atoms with van der Waals surface area (Å²) in [6, 6.07) is 3.12. The molecule has 90 valence electrons. The van der Waals surface area contributed by atoms with Crippen LogP contribution in [-0.4, -0.2) is 17.9 Å². The van der Waals surface area contributed by atoms with E-state index in [0.29, 0.717) is 11.7 Å². The normalized spacial score (nSPS) is 16.6. The van der Waals surface area contributed by atoms with E-state index in [-0.39, 0.29) is 11.2 Å². The molecular weight excluding hydrogens is 221 g/mol. The maximum absolute atomic E-state index is 12.3. The Morgan fingerprint density at radius 1 is 1.59 bits per heavy atom. The van der Waals surface area contributed by atoms with Crippen LogP contribution in [0.1, 0.15) is 12.8 Å². The highest BCUT2D eigenvalue weighted by molar-refractivity contribution is 5.82. The summed E-state index contributed by atoms with van der Waals surface area (Å²) in [6.07, 6.45) is 5.20. The molecule has 1 aromatic heterocycles. The lowest BCUT2D eigenvalue weighted by Gasteiger charge is -1.97. The molecule has 0 saturated heterocycles. The van der Waals surface area contributed by atoms with Gasteiger partial charge in [0, 0.05) is 6.21 Å². The van der Waals surface area contributed by atoms with Gasteiger partial charge in [0.15, 0.2) is 0 Å². The molecule has 0 atom stereocenters. The van der Waals surface area contributed by atoms with Gasteiger partial charge < -0.3 is 10.7 Å². The highest BCUT2D eigenvalue weighted by Gasteiger charge is 2.24. The molecule has 1 aliphatic rings. The predicted molar refractivity (Wildman–Crippen MR) is 66.4 cm³/mol. The number of hydrogen-bond donors (Lipinski definition) is 2. The quantitative estimate of drug-likeness (QED) is 0.783. The molecule has 1 aromatic rings. The molecule has 0 aromatic carbocycles. The van der Waals surface area contributed by atoms with Crippen molar-refractivity contribution in [3.63, 3.8) is 0 Å². The summed E-state index contributed by atoms with van der Waals surface area (Å²) in [7, 11) is 0. The number of hydrogen-bond acceptors (Lipinski definition) is 3. The van der Waals surface area contributed by atoms with Crippen LogP contribution < -0.4 is 11.3 Å². The molecule has 3 N–H and O–H groups in total. The Bertz CT molecular complexity index is 515. The van der Waals surface area contributed by atoms with Crippen molar-refractivity contribution in [2.75, 3.05) is 12.4 Å². The third-order valence-electron chi connectivity index (χ3n) is 2.63. The fraction of sp³-hybridized carbons (Fsp3) is 0.333. The highest BCUT2D eigenvalue weighted by atomic mass is 19.1. The second-order valence-electron chi connectivity index (χ2n) is 4.02. The molecule has 1 aliphatic carbocycles. The minimum Gasteiger partial charge on any atom is -0.385 e. The van der Waals surface area contributed by atoms with Crippen LogP contribution in [0.3, 0.4) is 0 Å². The molecule has 2 rings (SSSR count). The molecule has 1 saturated carbocycles. The number of halogens is 1. The first-order valence-corrected chi connectivity index (χ1v) is 5.49. The van der Waals surface area contributed by atoms with Gasteiger partial charge >= 0.3 is 0 Å². The number of alkyl halides is 1. The minimum absolute atomic E-state index is 0.282. The summed E-state index contributed by atoms with van der Waals surface area (Å²) in [5.74, 6) is 0.707. The molecule has 5 heteroatoms. The van der Waals surface area contributed by atoms with Gasteiger partial charge in [0.2, 0.25) is 0 Å². The van der Waals surface area contributed by atoms with E-state index in [9.17, 15) is 9.18 Å². The molecule has 0 amide bonds. The molecule has 0 radical (unpaired) electrons. The molecule has 0 unspecified atom stereocenters. The average molecular weight is 235 g/mol. The Morgan fingerprint density at radius 2 is 2.35 bits per heavy atom. The monoisotopic (exact) mass is 235 g/mol. The zero-order chi connectivity index (χ0) is 12.3. The van der Waals surface area contributed by atoms with Gasteiger partial charge in [0.1, 0.15) is 18.2 Å². The minimum atomic E-state index is -0.504. The lowest BCUT2D eigenvalue weighted by molar-refractivity contribution is 0.559. The van der Waals surface area contributed by atoms with E-state index in [2.05, 4.69) is 9.98 Å². The summed E-state index contributed by atoms with van der Waals surface area (Å²) in [6.45, 7) is -0.504. The fourth-order valence-electron chi connectivity index (χ4n) is 1.56. The van der Waals surface area contributed by atoms with Gasteiger partial charge in [-0.15, -0.1) is 0 Å². The van der Waals surface area contributed by atoms with Gasteiger partial charge in [-0.2, -0.15) is 0 Å². The van der Waals surface area contributed by atoms with Gasteiger partial charge in [0.05, 0.1) is 0 Å². The molecule has 4 nitrogen and oxygen atoms in total. The Labute approximate surface area is 98.1 Å². The van der Waals surface area contributed by atoms with E-state index in [4.69, 9.17) is 5.73 Å². The number of aromatic nitrogens is 1.